The number of aliphatic hydroxyl groups is 1. The zero-order valence-electron chi connectivity index (χ0n) is 10.1. The van der Waals surface area contributed by atoms with Crippen LogP contribution in [0.1, 0.15) is 17.0 Å². The molecule has 100 valence electrons. The molecule has 2 aromatic carbocycles. The average molecular weight is 283 g/mol. The summed E-state index contributed by atoms with van der Waals surface area (Å²) in [7, 11) is 0. The SMILES string of the molecule is OCC(Cc1ccc(F)c(Cl)c1)c1ccc(F)cc1. The molecular formula is C15H13ClF2O. The summed E-state index contributed by atoms with van der Waals surface area (Å²) < 4.78 is 25.9. The van der Waals surface area contributed by atoms with Crippen molar-refractivity contribution in [1.82, 2.24) is 0 Å². The predicted molar refractivity (Wildman–Crippen MR) is 71.3 cm³/mol. The second kappa shape index (κ2) is 6.13. The van der Waals surface area contributed by atoms with E-state index in [0.717, 1.165) is 11.1 Å². The van der Waals surface area contributed by atoms with Crippen molar-refractivity contribution in [2.45, 2.75) is 12.3 Å². The Morgan fingerprint density at radius 1 is 1.05 bits per heavy atom. The van der Waals surface area contributed by atoms with Gasteiger partial charge in [-0.05, 0) is 41.8 Å². The lowest BCUT2D eigenvalue weighted by Gasteiger charge is -2.15. The minimum atomic E-state index is -0.465. The molecule has 0 spiro atoms. The molecule has 1 unspecified atom stereocenters. The fourth-order valence-electron chi connectivity index (χ4n) is 1.97. The molecule has 0 saturated heterocycles. The van der Waals surface area contributed by atoms with Gasteiger partial charge in [-0.2, -0.15) is 0 Å². The summed E-state index contributed by atoms with van der Waals surface area (Å²) in [5, 5.41) is 9.50. The molecule has 0 aliphatic heterocycles. The molecule has 0 fully saturated rings. The smallest absolute Gasteiger partial charge is 0.141 e. The van der Waals surface area contributed by atoms with E-state index in [1.54, 1.807) is 24.3 Å². The fraction of sp³-hybridized carbons (Fsp3) is 0.200. The highest BCUT2D eigenvalue weighted by atomic mass is 35.5. The minimum Gasteiger partial charge on any atom is -0.396 e. The second-order valence-electron chi connectivity index (χ2n) is 4.38. The van der Waals surface area contributed by atoms with Crippen LogP contribution in [0.2, 0.25) is 5.02 Å². The van der Waals surface area contributed by atoms with Gasteiger partial charge >= 0.3 is 0 Å². The third-order valence-electron chi connectivity index (χ3n) is 3.03. The van der Waals surface area contributed by atoms with Crippen LogP contribution < -0.4 is 0 Å². The molecule has 0 heterocycles. The van der Waals surface area contributed by atoms with Gasteiger partial charge in [0.25, 0.3) is 0 Å². The quantitative estimate of drug-likeness (QED) is 0.901. The average Bonchev–Trinajstić information content (AvgIpc) is 2.41. The van der Waals surface area contributed by atoms with Gasteiger partial charge in [0.05, 0.1) is 11.6 Å². The van der Waals surface area contributed by atoms with Crippen LogP contribution in [-0.4, -0.2) is 11.7 Å². The highest BCUT2D eigenvalue weighted by Gasteiger charge is 2.12. The van der Waals surface area contributed by atoms with Crippen LogP contribution in [0.4, 0.5) is 8.78 Å². The Kier molecular flexibility index (Phi) is 4.51. The van der Waals surface area contributed by atoms with Crippen LogP contribution in [0.25, 0.3) is 0 Å². The van der Waals surface area contributed by atoms with E-state index in [1.165, 1.54) is 18.2 Å². The van der Waals surface area contributed by atoms with Gasteiger partial charge in [-0.1, -0.05) is 29.8 Å². The standard InChI is InChI=1S/C15H13ClF2O/c16-14-8-10(1-6-15(14)18)7-12(9-19)11-2-4-13(17)5-3-11/h1-6,8,12,19H,7,9H2. The van der Waals surface area contributed by atoms with Gasteiger partial charge in [-0.15, -0.1) is 0 Å². The van der Waals surface area contributed by atoms with E-state index in [0.29, 0.717) is 6.42 Å². The Bertz CT molecular complexity index is 555. The number of hydrogen-bond donors (Lipinski definition) is 1. The first-order chi connectivity index (χ1) is 9.10. The van der Waals surface area contributed by atoms with Crippen LogP contribution >= 0.6 is 11.6 Å². The molecule has 0 bridgehead atoms. The lowest BCUT2D eigenvalue weighted by atomic mass is 9.93. The maximum absolute atomic E-state index is 13.1. The summed E-state index contributed by atoms with van der Waals surface area (Å²) in [5.41, 5.74) is 1.67. The normalized spacial score (nSPS) is 12.4. The predicted octanol–water partition coefficient (Wildman–Crippen LogP) is 3.94. The largest absolute Gasteiger partial charge is 0.396 e. The Morgan fingerprint density at radius 2 is 1.74 bits per heavy atom. The van der Waals surface area contributed by atoms with Crippen LogP contribution in [0, 0.1) is 11.6 Å². The molecular weight excluding hydrogens is 270 g/mol. The van der Waals surface area contributed by atoms with Crippen LogP contribution in [0.5, 0.6) is 0 Å². The molecule has 0 aromatic heterocycles. The van der Waals surface area contributed by atoms with E-state index in [-0.39, 0.29) is 23.4 Å². The summed E-state index contributed by atoms with van der Waals surface area (Å²) in [6, 6.07) is 10.5. The van der Waals surface area contributed by atoms with Crippen molar-refractivity contribution in [1.29, 1.82) is 0 Å². The molecule has 19 heavy (non-hydrogen) atoms. The van der Waals surface area contributed by atoms with Crippen molar-refractivity contribution >= 4 is 11.6 Å². The number of aliphatic hydroxyl groups excluding tert-OH is 1. The molecule has 4 heteroatoms. The third kappa shape index (κ3) is 3.52. The highest BCUT2D eigenvalue weighted by Crippen LogP contribution is 2.23. The summed E-state index contributed by atoms with van der Waals surface area (Å²) in [6.07, 6.45) is 0.516. The van der Waals surface area contributed by atoms with E-state index in [1.807, 2.05) is 0 Å². The maximum atomic E-state index is 13.1. The van der Waals surface area contributed by atoms with Crippen molar-refractivity contribution in [2.75, 3.05) is 6.61 Å². The topological polar surface area (TPSA) is 20.2 Å². The number of benzene rings is 2. The van der Waals surface area contributed by atoms with Gasteiger partial charge in [-0.25, -0.2) is 8.78 Å². The second-order valence-corrected chi connectivity index (χ2v) is 4.79. The molecule has 2 rings (SSSR count). The van der Waals surface area contributed by atoms with E-state index in [9.17, 15) is 13.9 Å². The van der Waals surface area contributed by atoms with Crippen molar-refractivity contribution < 1.29 is 13.9 Å². The third-order valence-corrected chi connectivity index (χ3v) is 3.32. The molecule has 1 N–H and O–H groups in total. The molecule has 2 aromatic rings. The summed E-state index contributed by atoms with van der Waals surface area (Å²) >= 11 is 5.72. The molecule has 0 amide bonds. The fourth-order valence-corrected chi connectivity index (χ4v) is 2.18. The van der Waals surface area contributed by atoms with Crippen molar-refractivity contribution in [3.8, 4) is 0 Å². The lowest BCUT2D eigenvalue weighted by molar-refractivity contribution is 0.264. The van der Waals surface area contributed by atoms with E-state index in [2.05, 4.69) is 0 Å². The summed E-state index contributed by atoms with van der Waals surface area (Å²) in [5.74, 6) is -0.944. The first kappa shape index (κ1) is 14.0. The first-order valence-electron chi connectivity index (χ1n) is 5.90. The van der Waals surface area contributed by atoms with Crippen molar-refractivity contribution in [2.24, 2.45) is 0 Å². The molecule has 1 atom stereocenters. The van der Waals surface area contributed by atoms with Gasteiger partial charge in [0, 0.05) is 5.92 Å². The Hall–Kier alpha value is -1.45. The Morgan fingerprint density at radius 3 is 2.32 bits per heavy atom. The summed E-state index contributed by atoms with van der Waals surface area (Å²) in [4.78, 5) is 0. The van der Waals surface area contributed by atoms with E-state index in [4.69, 9.17) is 11.6 Å². The summed E-state index contributed by atoms with van der Waals surface area (Å²) in [6.45, 7) is -0.0688. The van der Waals surface area contributed by atoms with Gasteiger partial charge in [-0.3, -0.25) is 0 Å². The highest BCUT2D eigenvalue weighted by molar-refractivity contribution is 6.30. The van der Waals surface area contributed by atoms with Crippen LogP contribution in [-0.2, 0) is 6.42 Å². The van der Waals surface area contributed by atoms with E-state index < -0.39 is 5.82 Å². The maximum Gasteiger partial charge on any atom is 0.141 e. The van der Waals surface area contributed by atoms with Crippen LogP contribution in [0.3, 0.4) is 0 Å². The molecule has 0 aliphatic carbocycles. The van der Waals surface area contributed by atoms with Crippen LogP contribution in [0.15, 0.2) is 42.5 Å². The minimum absolute atomic E-state index is 0.0632. The number of hydrogen-bond acceptors (Lipinski definition) is 1. The molecule has 0 aliphatic rings. The monoisotopic (exact) mass is 282 g/mol. The lowest BCUT2D eigenvalue weighted by Crippen LogP contribution is -2.08. The molecule has 0 radical (unpaired) electrons. The first-order valence-corrected chi connectivity index (χ1v) is 6.28. The number of rotatable bonds is 4. The van der Waals surface area contributed by atoms with Gasteiger partial charge in [0.2, 0.25) is 0 Å². The van der Waals surface area contributed by atoms with Crippen molar-refractivity contribution in [3.63, 3.8) is 0 Å². The Balaban J connectivity index is 2.18. The van der Waals surface area contributed by atoms with Crippen molar-refractivity contribution in [3.05, 3.63) is 70.2 Å². The molecule has 1 nitrogen and oxygen atoms in total. The van der Waals surface area contributed by atoms with Gasteiger partial charge in [0.1, 0.15) is 11.6 Å². The van der Waals surface area contributed by atoms with E-state index >= 15 is 0 Å². The number of halogens is 3. The zero-order chi connectivity index (χ0) is 13.8. The molecule has 0 saturated carbocycles. The van der Waals surface area contributed by atoms with Gasteiger partial charge in [0.15, 0.2) is 0 Å². The Labute approximate surface area is 115 Å². The van der Waals surface area contributed by atoms with Gasteiger partial charge < -0.3 is 5.11 Å². The zero-order valence-corrected chi connectivity index (χ0v) is 10.9.